The van der Waals surface area contributed by atoms with Gasteiger partial charge < -0.3 is 10.6 Å². The Balaban J connectivity index is 0.00000361. The molecule has 6 heteroatoms. The van der Waals surface area contributed by atoms with Crippen LogP contribution in [0.4, 0.5) is 4.39 Å². The van der Waals surface area contributed by atoms with Crippen molar-refractivity contribution in [1.29, 1.82) is 0 Å². The molecule has 0 bridgehead atoms. The van der Waals surface area contributed by atoms with Crippen LogP contribution in [0.5, 0.6) is 0 Å². The molecule has 0 saturated carbocycles. The van der Waals surface area contributed by atoms with Gasteiger partial charge in [-0.2, -0.15) is 11.8 Å². The van der Waals surface area contributed by atoms with E-state index in [2.05, 4.69) is 0 Å². The van der Waals surface area contributed by atoms with Crippen molar-refractivity contribution in [3.05, 3.63) is 35.6 Å². The fraction of sp³-hybridized carbons (Fsp3) is 0.500. The van der Waals surface area contributed by atoms with Gasteiger partial charge in [0.25, 0.3) is 0 Å². The van der Waals surface area contributed by atoms with Gasteiger partial charge in [0.05, 0.1) is 6.04 Å². The maximum atomic E-state index is 12.8. The Labute approximate surface area is 130 Å². The largest absolute Gasteiger partial charge is 0.344 e. The maximum absolute atomic E-state index is 12.8. The van der Waals surface area contributed by atoms with Crippen LogP contribution >= 0.6 is 24.2 Å². The first-order valence-corrected chi connectivity index (χ1v) is 7.68. The van der Waals surface area contributed by atoms with Gasteiger partial charge in [0.2, 0.25) is 5.91 Å². The van der Waals surface area contributed by atoms with Crippen LogP contribution in [-0.2, 0) is 11.2 Å². The molecule has 20 heavy (non-hydrogen) atoms. The van der Waals surface area contributed by atoms with Gasteiger partial charge in [-0.3, -0.25) is 4.79 Å². The first-order valence-electron chi connectivity index (χ1n) is 6.28. The number of nitrogens with zero attached hydrogens (tertiary/aromatic N) is 1. The van der Waals surface area contributed by atoms with Gasteiger partial charge in [-0.15, -0.1) is 12.4 Å². The minimum absolute atomic E-state index is 0. The Bertz CT molecular complexity index is 403. The van der Waals surface area contributed by atoms with Crippen LogP contribution in [0.1, 0.15) is 12.0 Å². The molecule has 0 aliphatic carbocycles. The molecule has 1 aromatic rings. The third-order valence-corrected chi connectivity index (χ3v) is 3.62. The van der Waals surface area contributed by atoms with Crippen molar-refractivity contribution in [1.82, 2.24) is 4.90 Å². The number of benzene rings is 1. The number of rotatable bonds is 7. The third kappa shape index (κ3) is 6.59. The van der Waals surface area contributed by atoms with Crippen LogP contribution in [-0.4, -0.2) is 42.4 Å². The number of thioether (sulfide) groups is 1. The van der Waals surface area contributed by atoms with E-state index in [1.165, 1.54) is 12.1 Å². The van der Waals surface area contributed by atoms with Gasteiger partial charge in [-0.1, -0.05) is 12.1 Å². The number of likely N-dealkylation sites (N-methyl/N-ethyl adjacent to an activating group) is 1. The van der Waals surface area contributed by atoms with Crippen molar-refractivity contribution in [2.75, 3.05) is 25.6 Å². The summed E-state index contributed by atoms with van der Waals surface area (Å²) >= 11 is 1.68. The molecule has 3 nitrogen and oxygen atoms in total. The van der Waals surface area contributed by atoms with E-state index >= 15 is 0 Å². The normalized spacial score (nSPS) is 11.6. The summed E-state index contributed by atoms with van der Waals surface area (Å²) in [6.45, 7) is 0.595. The molecule has 0 unspecified atom stereocenters. The lowest BCUT2D eigenvalue weighted by Gasteiger charge is -2.21. The van der Waals surface area contributed by atoms with E-state index in [4.69, 9.17) is 5.73 Å². The summed E-state index contributed by atoms with van der Waals surface area (Å²) in [7, 11) is 1.75. The van der Waals surface area contributed by atoms with E-state index in [-0.39, 0.29) is 24.1 Å². The van der Waals surface area contributed by atoms with Crippen molar-refractivity contribution in [2.45, 2.75) is 18.9 Å². The highest BCUT2D eigenvalue weighted by atomic mass is 35.5. The standard InChI is InChI=1S/C14H21FN2OS.ClH/c1-17(14(18)13(16)8-10-19-2)9-7-11-3-5-12(15)6-4-11;/h3-6,13H,7-10,16H2,1-2H3;1H/t13-;/m0./s1. The molecule has 2 N–H and O–H groups in total. The fourth-order valence-electron chi connectivity index (χ4n) is 1.71. The summed E-state index contributed by atoms with van der Waals surface area (Å²) in [5.74, 6) is 0.613. The number of amides is 1. The Morgan fingerprint density at radius 1 is 1.40 bits per heavy atom. The molecule has 0 fully saturated rings. The molecule has 1 atom stereocenters. The summed E-state index contributed by atoms with van der Waals surface area (Å²) in [5.41, 5.74) is 6.85. The monoisotopic (exact) mass is 320 g/mol. The van der Waals surface area contributed by atoms with Gasteiger partial charge in [-0.25, -0.2) is 4.39 Å². The quantitative estimate of drug-likeness (QED) is 0.838. The number of halogens is 2. The lowest BCUT2D eigenvalue weighted by atomic mass is 10.1. The predicted octanol–water partition coefficient (Wildman–Crippen LogP) is 2.33. The third-order valence-electron chi connectivity index (χ3n) is 2.98. The van der Waals surface area contributed by atoms with Gasteiger partial charge in [-0.05, 0) is 42.5 Å². The molecule has 1 rings (SSSR count). The van der Waals surface area contributed by atoms with Crippen molar-refractivity contribution in [3.8, 4) is 0 Å². The lowest BCUT2D eigenvalue weighted by molar-refractivity contribution is -0.131. The van der Waals surface area contributed by atoms with Crippen molar-refractivity contribution in [3.63, 3.8) is 0 Å². The summed E-state index contributed by atoms with van der Waals surface area (Å²) < 4.78 is 12.8. The SMILES string of the molecule is CSCC[C@H](N)C(=O)N(C)CCc1ccc(F)cc1.Cl. The van der Waals surface area contributed by atoms with Gasteiger partial charge in [0.1, 0.15) is 5.82 Å². The minimum Gasteiger partial charge on any atom is -0.344 e. The zero-order valence-corrected chi connectivity index (χ0v) is 13.5. The summed E-state index contributed by atoms with van der Waals surface area (Å²) in [5, 5.41) is 0. The predicted molar refractivity (Wildman–Crippen MR) is 86.0 cm³/mol. The molecule has 1 amide bonds. The number of carbonyl (C=O) groups excluding carboxylic acids is 1. The van der Waals surface area contributed by atoms with Crippen LogP contribution in [0, 0.1) is 5.82 Å². The summed E-state index contributed by atoms with van der Waals surface area (Å²) in [4.78, 5) is 13.6. The van der Waals surface area contributed by atoms with Crippen molar-refractivity contribution in [2.24, 2.45) is 5.73 Å². The second-order valence-corrected chi connectivity index (χ2v) is 5.51. The highest BCUT2D eigenvalue weighted by Gasteiger charge is 2.17. The molecule has 114 valence electrons. The molecular weight excluding hydrogens is 299 g/mol. The van der Waals surface area contributed by atoms with E-state index in [0.29, 0.717) is 19.4 Å². The van der Waals surface area contributed by atoms with Crippen LogP contribution in [0.25, 0.3) is 0 Å². The number of carbonyl (C=O) groups is 1. The van der Waals surface area contributed by atoms with Crippen LogP contribution in [0.15, 0.2) is 24.3 Å². The Morgan fingerprint density at radius 3 is 2.55 bits per heavy atom. The number of nitrogens with two attached hydrogens (primary N) is 1. The zero-order chi connectivity index (χ0) is 14.3. The first-order chi connectivity index (χ1) is 9.04. The average molecular weight is 321 g/mol. The number of hydrogen-bond acceptors (Lipinski definition) is 3. The zero-order valence-electron chi connectivity index (χ0n) is 11.8. The van der Waals surface area contributed by atoms with E-state index in [0.717, 1.165) is 11.3 Å². The second kappa shape index (κ2) is 10.0. The van der Waals surface area contributed by atoms with Crippen molar-refractivity contribution < 1.29 is 9.18 Å². The summed E-state index contributed by atoms with van der Waals surface area (Å²) in [6, 6.07) is 5.91. The lowest BCUT2D eigenvalue weighted by Crippen LogP contribution is -2.42. The van der Waals surface area contributed by atoms with Crippen LogP contribution in [0.3, 0.4) is 0 Å². The molecule has 0 aromatic heterocycles. The first kappa shape index (κ1) is 19.2. The van der Waals surface area contributed by atoms with Crippen LogP contribution < -0.4 is 5.73 Å². The molecule has 0 aliphatic heterocycles. The topological polar surface area (TPSA) is 46.3 Å². The Kier molecular flexibility index (Phi) is 9.63. The maximum Gasteiger partial charge on any atom is 0.239 e. The van der Waals surface area contributed by atoms with Crippen molar-refractivity contribution >= 4 is 30.1 Å². The van der Waals surface area contributed by atoms with Crippen LogP contribution in [0.2, 0.25) is 0 Å². The minimum atomic E-state index is -0.425. The van der Waals surface area contributed by atoms with E-state index in [9.17, 15) is 9.18 Å². The van der Waals surface area contributed by atoms with Gasteiger partial charge >= 0.3 is 0 Å². The van der Waals surface area contributed by atoms with E-state index in [1.54, 1.807) is 35.8 Å². The molecule has 0 heterocycles. The van der Waals surface area contributed by atoms with Gasteiger partial charge in [0.15, 0.2) is 0 Å². The molecule has 0 aliphatic rings. The van der Waals surface area contributed by atoms with E-state index in [1.807, 2.05) is 6.26 Å². The molecular formula is C14H22ClFN2OS. The smallest absolute Gasteiger partial charge is 0.239 e. The molecule has 0 spiro atoms. The average Bonchev–Trinajstić information content (AvgIpc) is 2.42. The summed E-state index contributed by atoms with van der Waals surface area (Å²) in [6.07, 6.45) is 3.40. The highest BCUT2D eigenvalue weighted by Crippen LogP contribution is 2.06. The molecule has 0 radical (unpaired) electrons. The molecule has 0 saturated heterocycles. The van der Waals surface area contributed by atoms with E-state index < -0.39 is 6.04 Å². The highest BCUT2D eigenvalue weighted by molar-refractivity contribution is 7.98. The Hall–Kier alpha value is -0.780. The fourth-order valence-corrected chi connectivity index (χ4v) is 2.20. The molecule has 1 aromatic carbocycles. The number of hydrogen-bond donors (Lipinski definition) is 1. The van der Waals surface area contributed by atoms with Gasteiger partial charge in [0, 0.05) is 13.6 Å². The second-order valence-electron chi connectivity index (χ2n) is 4.52. The Morgan fingerprint density at radius 2 is 2.00 bits per heavy atom.